The molecule has 1 saturated carbocycles. The minimum Gasteiger partial charge on any atom is -0.368 e. The fourth-order valence-electron chi connectivity index (χ4n) is 2.54. The van der Waals surface area contributed by atoms with E-state index in [1.54, 1.807) is 0 Å². The Balaban J connectivity index is 2.89. The van der Waals surface area contributed by atoms with E-state index in [1.165, 1.54) is 0 Å². The van der Waals surface area contributed by atoms with Crippen LogP contribution in [0, 0.1) is 5.92 Å². The molecule has 0 spiro atoms. The van der Waals surface area contributed by atoms with Gasteiger partial charge in [-0.25, -0.2) is 0 Å². The average Bonchev–Trinajstić information content (AvgIpc) is 2.18. The summed E-state index contributed by atoms with van der Waals surface area (Å²) in [5.74, 6) is -0.273. The Morgan fingerprint density at radius 3 is 1.58 bits per heavy atom. The summed E-state index contributed by atoms with van der Waals surface area (Å²) in [4.78, 5) is 36.4. The quantitative estimate of drug-likeness (QED) is 0.498. The molecule has 0 atom stereocenters. The van der Waals surface area contributed by atoms with Gasteiger partial charge in [0.2, 0.25) is 0 Å². The molecule has 0 heterocycles. The molecule has 0 aromatic rings. The van der Waals surface area contributed by atoms with Crippen LogP contribution in [0.4, 0.5) is 0 Å². The molecule has 5 N–H and O–H groups in total. The van der Waals surface area contributed by atoms with Crippen LogP contribution in [0.15, 0.2) is 0 Å². The Morgan fingerprint density at radius 1 is 0.842 bits per heavy atom. The first kappa shape index (κ1) is 17.3. The number of aliphatic hydroxyl groups is 1. The maximum absolute atomic E-state index is 11.3. The number of hydrogen-bond acceptors (Lipinski definition) is 3. The SMILES string of the molecule is O=P(O)(O)C(O)(CC1CCCCCCC1)P(=O)(O)O. The zero-order valence-corrected chi connectivity index (χ0v) is 12.5. The number of rotatable bonds is 4. The van der Waals surface area contributed by atoms with Crippen molar-refractivity contribution in [2.45, 2.75) is 56.4 Å². The molecule has 1 aliphatic rings. The van der Waals surface area contributed by atoms with Gasteiger partial charge in [-0.15, -0.1) is 0 Å². The van der Waals surface area contributed by atoms with E-state index in [4.69, 9.17) is 19.6 Å². The van der Waals surface area contributed by atoms with Crippen molar-refractivity contribution in [3.05, 3.63) is 0 Å². The Labute approximate surface area is 112 Å². The molecule has 0 aliphatic heterocycles. The third kappa shape index (κ3) is 4.36. The van der Waals surface area contributed by atoms with Gasteiger partial charge >= 0.3 is 15.2 Å². The van der Waals surface area contributed by atoms with E-state index in [0.717, 1.165) is 32.1 Å². The van der Waals surface area contributed by atoms with Crippen LogP contribution in [0.5, 0.6) is 0 Å². The molecule has 0 radical (unpaired) electrons. The Hall–Kier alpha value is 0.260. The van der Waals surface area contributed by atoms with Crippen LogP contribution in [-0.2, 0) is 9.13 Å². The van der Waals surface area contributed by atoms with E-state index in [1.807, 2.05) is 0 Å². The highest BCUT2D eigenvalue weighted by Crippen LogP contribution is 2.70. The van der Waals surface area contributed by atoms with Crippen LogP contribution in [0.2, 0.25) is 0 Å². The predicted molar refractivity (Wildman–Crippen MR) is 69.5 cm³/mol. The van der Waals surface area contributed by atoms with Crippen molar-refractivity contribution in [2.75, 3.05) is 0 Å². The summed E-state index contributed by atoms with van der Waals surface area (Å²) in [6, 6.07) is 0. The lowest BCUT2D eigenvalue weighted by Crippen LogP contribution is -2.31. The zero-order valence-electron chi connectivity index (χ0n) is 10.7. The van der Waals surface area contributed by atoms with Crippen molar-refractivity contribution in [2.24, 2.45) is 5.92 Å². The molecule has 114 valence electrons. The fraction of sp³-hybridized carbons (Fsp3) is 1.00. The highest BCUT2D eigenvalue weighted by Gasteiger charge is 2.59. The molecule has 0 bridgehead atoms. The third-order valence-corrected chi connectivity index (χ3v) is 7.51. The van der Waals surface area contributed by atoms with Gasteiger partial charge in [-0.3, -0.25) is 9.13 Å². The van der Waals surface area contributed by atoms with Gasteiger partial charge in [0.1, 0.15) is 0 Å². The molecule has 19 heavy (non-hydrogen) atoms. The van der Waals surface area contributed by atoms with Gasteiger partial charge in [-0.2, -0.15) is 0 Å². The molecule has 0 amide bonds. The molecule has 0 unspecified atom stereocenters. The topological polar surface area (TPSA) is 135 Å². The summed E-state index contributed by atoms with van der Waals surface area (Å²) in [5.41, 5.74) is 0. The lowest BCUT2D eigenvalue weighted by Gasteiger charge is -2.33. The van der Waals surface area contributed by atoms with Crippen LogP contribution >= 0.6 is 15.2 Å². The molecule has 0 aromatic heterocycles. The van der Waals surface area contributed by atoms with Crippen LogP contribution in [0.1, 0.15) is 51.4 Å². The van der Waals surface area contributed by atoms with Crippen molar-refractivity contribution in [1.82, 2.24) is 0 Å². The standard InChI is InChI=1S/C10H22O7P2/c11-10(18(12,13)14,19(15,16)17)8-9-6-4-2-1-3-5-7-9/h9,11H,1-8H2,(H2,12,13,14)(H2,15,16,17). The molecular formula is C10H22O7P2. The molecule has 0 aromatic carbocycles. The summed E-state index contributed by atoms with van der Waals surface area (Å²) < 4.78 is 22.6. The molecular weight excluding hydrogens is 294 g/mol. The van der Waals surface area contributed by atoms with E-state index in [9.17, 15) is 14.2 Å². The normalized spacial score (nSPS) is 20.9. The van der Waals surface area contributed by atoms with Gasteiger partial charge in [-0.1, -0.05) is 44.9 Å². The monoisotopic (exact) mass is 316 g/mol. The molecule has 7 nitrogen and oxygen atoms in total. The van der Waals surface area contributed by atoms with E-state index >= 15 is 0 Å². The van der Waals surface area contributed by atoms with E-state index < -0.39 is 26.7 Å². The van der Waals surface area contributed by atoms with Gasteiger partial charge < -0.3 is 24.7 Å². The highest BCUT2D eigenvalue weighted by molar-refractivity contribution is 7.72. The summed E-state index contributed by atoms with van der Waals surface area (Å²) in [6.07, 6.45) is 5.51. The third-order valence-electron chi connectivity index (χ3n) is 3.72. The van der Waals surface area contributed by atoms with Gasteiger partial charge in [-0.05, 0) is 5.92 Å². The second-order valence-corrected chi connectivity index (χ2v) is 9.29. The summed E-state index contributed by atoms with van der Waals surface area (Å²) in [5, 5.41) is 6.63. The minimum atomic E-state index is -5.31. The van der Waals surface area contributed by atoms with E-state index in [2.05, 4.69) is 0 Å². The summed E-state index contributed by atoms with van der Waals surface area (Å²) in [7, 11) is -10.6. The van der Waals surface area contributed by atoms with Gasteiger partial charge in [0.25, 0.3) is 5.08 Å². The highest BCUT2D eigenvalue weighted by atomic mass is 31.2. The van der Waals surface area contributed by atoms with Crippen LogP contribution in [0.25, 0.3) is 0 Å². The lowest BCUT2D eigenvalue weighted by molar-refractivity contribution is 0.101. The smallest absolute Gasteiger partial charge is 0.368 e. The van der Waals surface area contributed by atoms with Crippen molar-refractivity contribution in [3.8, 4) is 0 Å². The van der Waals surface area contributed by atoms with Crippen molar-refractivity contribution >= 4 is 15.2 Å². The van der Waals surface area contributed by atoms with Crippen LogP contribution in [-0.4, -0.2) is 29.8 Å². The fourth-order valence-corrected chi connectivity index (χ4v) is 4.89. The Bertz CT molecular complexity index is 355. The molecule has 1 aliphatic carbocycles. The molecule has 1 rings (SSSR count). The average molecular weight is 316 g/mol. The first-order valence-electron chi connectivity index (χ1n) is 6.41. The van der Waals surface area contributed by atoms with Crippen LogP contribution in [0.3, 0.4) is 0 Å². The van der Waals surface area contributed by atoms with Gasteiger partial charge in [0, 0.05) is 6.42 Å². The van der Waals surface area contributed by atoms with E-state index in [0.29, 0.717) is 12.8 Å². The maximum atomic E-state index is 11.3. The summed E-state index contributed by atoms with van der Waals surface area (Å²) >= 11 is 0. The van der Waals surface area contributed by atoms with Crippen LogP contribution < -0.4 is 0 Å². The Kier molecular flexibility index (Phi) is 5.79. The van der Waals surface area contributed by atoms with E-state index in [-0.39, 0.29) is 5.92 Å². The minimum absolute atomic E-state index is 0.273. The first-order chi connectivity index (χ1) is 8.58. The maximum Gasteiger partial charge on any atom is 0.369 e. The second kappa shape index (κ2) is 6.35. The van der Waals surface area contributed by atoms with Gasteiger partial charge in [0.15, 0.2) is 0 Å². The largest absolute Gasteiger partial charge is 0.369 e. The van der Waals surface area contributed by atoms with Crippen molar-refractivity contribution < 1.29 is 33.8 Å². The number of hydrogen-bond donors (Lipinski definition) is 5. The molecule has 1 fully saturated rings. The Morgan fingerprint density at radius 2 is 1.21 bits per heavy atom. The first-order valence-corrected chi connectivity index (χ1v) is 9.64. The lowest BCUT2D eigenvalue weighted by atomic mass is 9.89. The second-order valence-electron chi connectivity index (χ2n) is 5.28. The molecule has 0 saturated heterocycles. The summed E-state index contributed by atoms with van der Waals surface area (Å²) in [6.45, 7) is 0. The predicted octanol–water partition coefficient (Wildman–Crippen LogP) is 1.74. The van der Waals surface area contributed by atoms with Crippen molar-refractivity contribution in [1.29, 1.82) is 0 Å². The van der Waals surface area contributed by atoms with Crippen molar-refractivity contribution in [3.63, 3.8) is 0 Å². The zero-order chi connectivity index (χ0) is 14.7. The van der Waals surface area contributed by atoms with Gasteiger partial charge in [0.05, 0.1) is 0 Å². The molecule has 9 heteroatoms.